The van der Waals surface area contributed by atoms with E-state index >= 15 is 0 Å². The van der Waals surface area contributed by atoms with E-state index in [2.05, 4.69) is 10.0 Å². The Kier molecular flexibility index (Phi) is 6.14. The molecule has 2 N–H and O–H groups in total. The molecule has 1 amide bonds. The van der Waals surface area contributed by atoms with E-state index < -0.39 is 34.0 Å². The SMILES string of the molecule is CN1[C@@H](C(=O)Nc2ccc(F)c(Cl)c2)C[C@@H](c2ccc(-c3ccccc3)s2)NS1(=O)=O. The summed E-state index contributed by atoms with van der Waals surface area (Å²) in [4.78, 5) is 14.7. The Bertz CT molecular complexity index is 1220. The highest BCUT2D eigenvalue weighted by Crippen LogP contribution is 2.36. The van der Waals surface area contributed by atoms with Gasteiger partial charge in [-0.05, 0) is 42.3 Å². The Morgan fingerprint density at radius 2 is 1.94 bits per heavy atom. The van der Waals surface area contributed by atoms with Crippen LogP contribution in [0.1, 0.15) is 17.3 Å². The third-order valence-corrected chi connectivity index (χ3v) is 8.22. The van der Waals surface area contributed by atoms with Crippen molar-refractivity contribution >= 4 is 44.7 Å². The highest BCUT2D eigenvalue weighted by atomic mass is 35.5. The van der Waals surface area contributed by atoms with Crippen molar-refractivity contribution in [2.24, 2.45) is 0 Å². The van der Waals surface area contributed by atoms with Crippen molar-refractivity contribution in [2.75, 3.05) is 12.4 Å². The largest absolute Gasteiger partial charge is 0.325 e. The monoisotopic (exact) mass is 479 g/mol. The number of hydrogen-bond donors (Lipinski definition) is 2. The zero-order valence-electron chi connectivity index (χ0n) is 16.4. The first kappa shape index (κ1) is 21.9. The number of benzene rings is 2. The van der Waals surface area contributed by atoms with Crippen LogP contribution in [-0.4, -0.2) is 31.7 Å². The van der Waals surface area contributed by atoms with E-state index in [4.69, 9.17) is 11.6 Å². The molecule has 4 rings (SSSR count). The molecule has 6 nitrogen and oxygen atoms in total. The number of nitrogens with one attached hydrogen (secondary N) is 2. The van der Waals surface area contributed by atoms with Crippen LogP contribution in [0.2, 0.25) is 5.02 Å². The maximum Gasteiger partial charge on any atom is 0.280 e. The van der Waals surface area contributed by atoms with E-state index in [9.17, 15) is 17.6 Å². The smallest absolute Gasteiger partial charge is 0.280 e. The van der Waals surface area contributed by atoms with Gasteiger partial charge in [-0.2, -0.15) is 17.4 Å². The maximum absolute atomic E-state index is 13.4. The zero-order chi connectivity index (χ0) is 22.2. The number of amides is 1. The van der Waals surface area contributed by atoms with Gasteiger partial charge in [-0.1, -0.05) is 41.9 Å². The van der Waals surface area contributed by atoms with E-state index in [0.29, 0.717) is 5.69 Å². The third kappa shape index (κ3) is 4.65. The van der Waals surface area contributed by atoms with Crippen molar-refractivity contribution < 1.29 is 17.6 Å². The van der Waals surface area contributed by atoms with Crippen molar-refractivity contribution in [1.82, 2.24) is 9.03 Å². The standard InChI is InChI=1S/C21H19ClFN3O3S2/c1-26-18(21(27)24-14-7-8-16(23)15(22)11-14)12-17(25-31(26,28)29)20-10-9-19(30-20)13-5-3-2-4-6-13/h2-11,17-18,25H,12H2,1H3,(H,24,27)/t17-,18+/m0/s1. The minimum absolute atomic E-state index is 0.131. The molecule has 2 heterocycles. The van der Waals surface area contributed by atoms with Crippen molar-refractivity contribution in [3.8, 4) is 10.4 Å². The fourth-order valence-corrected chi connectivity index (χ4v) is 5.99. The molecule has 1 saturated heterocycles. The average Bonchev–Trinajstić information content (AvgIpc) is 3.23. The van der Waals surface area contributed by atoms with Crippen LogP contribution in [0.25, 0.3) is 10.4 Å². The Labute approximate surface area is 188 Å². The number of thiophene rings is 1. The maximum atomic E-state index is 13.4. The van der Waals surface area contributed by atoms with Gasteiger partial charge in [0, 0.05) is 22.5 Å². The van der Waals surface area contributed by atoms with Gasteiger partial charge in [0.15, 0.2) is 0 Å². The van der Waals surface area contributed by atoms with Crippen molar-refractivity contribution in [3.05, 3.63) is 76.4 Å². The second-order valence-corrected chi connectivity index (χ2v) is 10.4. The first-order valence-corrected chi connectivity index (χ1v) is 12.0. The topological polar surface area (TPSA) is 78.5 Å². The van der Waals surface area contributed by atoms with Crippen LogP contribution in [0.15, 0.2) is 60.7 Å². The zero-order valence-corrected chi connectivity index (χ0v) is 18.8. The highest BCUT2D eigenvalue weighted by molar-refractivity contribution is 7.87. The van der Waals surface area contributed by atoms with Gasteiger partial charge in [0.25, 0.3) is 10.2 Å². The molecule has 2 aromatic carbocycles. The van der Waals surface area contributed by atoms with Crippen LogP contribution in [-0.2, 0) is 15.0 Å². The third-order valence-electron chi connectivity index (χ3n) is 5.09. The molecule has 0 radical (unpaired) electrons. The van der Waals surface area contributed by atoms with Crippen molar-refractivity contribution in [1.29, 1.82) is 0 Å². The summed E-state index contributed by atoms with van der Waals surface area (Å²) < 4.78 is 42.4. The molecule has 1 aromatic heterocycles. The normalized spacial score (nSPS) is 21.0. The van der Waals surface area contributed by atoms with E-state index in [1.54, 1.807) is 0 Å². The highest BCUT2D eigenvalue weighted by Gasteiger charge is 2.41. The van der Waals surface area contributed by atoms with Crippen molar-refractivity contribution in [2.45, 2.75) is 18.5 Å². The van der Waals surface area contributed by atoms with Gasteiger partial charge in [-0.25, -0.2) is 4.39 Å². The summed E-state index contributed by atoms with van der Waals surface area (Å²) in [5, 5.41) is 2.50. The average molecular weight is 480 g/mol. The lowest BCUT2D eigenvalue weighted by molar-refractivity contribution is -0.120. The van der Waals surface area contributed by atoms with Crippen LogP contribution >= 0.6 is 22.9 Å². The molecule has 3 aromatic rings. The molecule has 1 aliphatic rings. The van der Waals surface area contributed by atoms with E-state index in [1.807, 2.05) is 42.5 Å². The van der Waals surface area contributed by atoms with Gasteiger partial charge in [-0.15, -0.1) is 11.3 Å². The Morgan fingerprint density at radius 1 is 1.19 bits per heavy atom. The predicted molar refractivity (Wildman–Crippen MR) is 121 cm³/mol. The molecular weight excluding hydrogens is 461 g/mol. The summed E-state index contributed by atoms with van der Waals surface area (Å²) in [6.45, 7) is 0. The number of anilines is 1. The summed E-state index contributed by atoms with van der Waals surface area (Å²) in [5.74, 6) is -1.12. The number of carbonyl (C=O) groups excluding carboxylic acids is 1. The van der Waals surface area contributed by atoms with Gasteiger partial charge >= 0.3 is 0 Å². The van der Waals surface area contributed by atoms with Crippen molar-refractivity contribution in [3.63, 3.8) is 0 Å². The fraction of sp³-hybridized carbons (Fsp3) is 0.190. The predicted octanol–water partition coefficient (Wildman–Crippen LogP) is 4.43. The minimum Gasteiger partial charge on any atom is -0.325 e. The fourth-order valence-electron chi connectivity index (χ4n) is 3.39. The summed E-state index contributed by atoms with van der Waals surface area (Å²) in [7, 11) is -2.52. The van der Waals surface area contributed by atoms with Crippen LogP contribution < -0.4 is 10.0 Å². The number of rotatable bonds is 4. The van der Waals surface area contributed by atoms with E-state index in [0.717, 1.165) is 25.7 Å². The first-order chi connectivity index (χ1) is 14.7. The molecule has 0 aliphatic carbocycles. The van der Waals surface area contributed by atoms with Gasteiger partial charge in [0.1, 0.15) is 11.9 Å². The van der Waals surface area contributed by atoms with Gasteiger partial charge in [0.2, 0.25) is 5.91 Å². The molecular formula is C21H19ClFN3O3S2. The van der Waals surface area contributed by atoms with Crippen LogP contribution in [0, 0.1) is 5.82 Å². The molecule has 0 saturated carbocycles. The molecule has 1 fully saturated rings. The second-order valence-electron chi connectivity index (χ2n) is 7.13. The first-order valence-electron chi connectivity index (χ1n) is 9.41. The van der Waals surface area contributed by atoms with E-state index in [-0.39, 0.29) is 11.4 Å². The van der Waals surface area contributed by atoms with Crippen LogP contribution in [0.5, 0.6) is 0 Å². The number of hydrogen-bond acceptors (Lipinski definition) is 4. The number of nitrogens with zero attached hydrogens (tertiary/aromatic N) is 1. The molecule has 10 heteroatoms. The summed E-state index contributed by atoms with van der Waals surface area (Å²) in [6.07, 6.45) is 0.241. The second kappa shape index (κ2) is 8.68. The molecule has 0 unspecified atom stereocenters. The Morgan fingerprint density at radius 3 is 2.65 bits per heavy atom. The van der Waals surface area contributed by atoms with Crippen LogP contribution in [0.3, 0.4) is 0 Å². The molecule has 0 bridgehead atoms. The number of carbonyl (C=O) groups is 1. The molecule has 0 spiro atoms. The lowest BCUT2D eigenvalue weighted by Crippen LogP contribution is -2.55. The molecule has 31 heavy (non-hydrogen) atoms. The van der Waals surface area contributed by atoms with Crippen LogP contribution in [0.4, 0.5) is 10.1 Å². The van der Waals surface area contributed by atoms with Gasteiger partial charge in [0.05, 0.1) is 11.1 Å². The minimum atomic E-state index is -3.87. The summed E-state index contributed by atoms with van der Waals surface area (Å²) in [6, 6.07) is 15.9. The Hall–Kier alpha value is -2.30. The number of halogens is 2. The van der Waals surface area contributed by atoms with E-state index in [1.165, 1.54) is 30.5 Å². The Balaban J connectivity index is 1.57. The number of likely N-dealkylation sites (N-methyl/N-ethyl adjacent to an activating group) is 1. The molecule has 2 atom stereocenters. The van der Waals surface area contributed by atoms with Gasteiger partial charge < -0.3 is 5.32 Å². The quantitative estimate of drug-likeness (QED) is 0.581. The summed E-state index contributed by atoms with van der Waals surface area (Å²) >= 11 is 7.25. The summed E-state index contributed by atoms with van der Waals surface area (Å²) in [5.41, 5.74) is 1.33. The molecule has 162 valence electrons. The van der Waals surface area contributed by atoms with Gasteiger partial charge in [-0.3, -0.25) is 4.79 Å². The molecule has 1 aliphatic heterocycles. The lowest BCUT2D eigenvalue weighted by Gasteiger charge is -2.35. The lowest BCUT2D eigenvalue weighted by atomic mass is 10.1.